The highest BCUT2D eigenvalue weighted by Gasteiger charge is 2.19. The zero-order valence-corrected chi connectivity index (χ0v) is 26.0. The molecule has 5 rings (SSSR count). The first kappa shape index (κ1) is 29.3. The first-order valence-electron chi connectivity index (χ1n) is 12.3. The van der Waals surface area contributed by atoms with Crippen LogP contribution >= 0.6 is 34.0 Å². The van der Waals surface area contributed by atoms with Gasteiger partial charge in [-0.25, -0.2) is 0 Å². The average molecular weight is 641 g/mol. The molecule has 0 bridgehead atoms. The van der Waals surface area contributed by atoms with E-state index in [1.165, 1.54) is 22.7 Å². The fourth-order valence-electron chi connectivity index (χ4n) is 4.38. The molecule has 0 fully saturated rings. The monoisotopic (exact) mass is 640 g/mol. The zero-order chi connectivity index (χ0) is 29.3. The maximum atomic E-state index is 11.8. The Balaban J connectivity index is 1.50. The minimum atomic E-state index is -1.10. The van der Waals surface area contributed by atoms with Crippen LogP contribution in [0.1, 0.15) is 11.1 Å². The predicted molar refractivity (Wildman–Crippen MR) is 169 cm³/mol. The van der Waals surface area contributed by atoms with Crippen molar-refractivity contribution in [1.82, 2.24) is 0 Å². The summed E-state index contributed by atoms with van der Waals surface area (Å²) in [5, 5.41) is 19.1. The lowest BCUT2D eigenvalue weighted by Gasteiger charge is -2.03. The number of carboxylic acid groups (broad SMARTS) is 2. The largest absolute Gasteiger partial charge is 0.481 e. The third-order valence-electron chi connectivity index (χ3n) is 6.29. The van der Waals surface area contributed by atoms with Gasteiger partial charge in [-0.1, -0.05) is 24.3 Å². The molecule has 0 radical (unpaired) electrons. The third-order valence-corrected chi connectivity index (χ3v) is 12.1. The number of hydrogen-bond acceptors (Lipinski definition) is 7. The van der Waals surface area contributed by atoms with Crippen LogP contribution in [0.25, 0.3) is 40.4 Å². The highest BCUT2D eigenvalue weighted by atomic mass is 32.2. The fourth-order valence-corrected chi connectivity index (χ4v) is 8.95. The van der Waals surface area contributed by atoms with Gasteiger partial charge in [-0.15, -0.1) is 34.0 Å². The summed E-state index contributed by atoms with van der Waals surface area (Å²) in [7, 11) is -2.20. The van der Waals surface area contributed by atoms with Crippen molar-refractivity contribution in [2.75, 3.05) is 12.5 Å². The van der Waals surface area contributed by atoms with E-state index in [1.54, 1.807) is 48.1 Å². The smallest absolute Gasteiger partial charge is 0.307 e. The third kappa shape index (κ3) is 6.65. The molecule has 0 aliphatic rings. The van der Waals surface area contributed by atoms with Gasteiger partial charge in [0.15, 0.2) is 0 Å². The number of hydrogen-bond donors (Lipinski definition) is 2. The summed E-state index contributed by atoms with van der Waals surface area (Å²) in [5.74, 6) is -1.83. The standard InChI is InChI=1S/C30H24O6S5/c1-40(35)21-7-3-17(4-8-21)29-19(15-27(31)32)13-25(38-29)23-11-12-24(37-23)26-14-20(16-28(33)34)30(39-26)18-5-9-22(10-6-18)41(2)36/h3-14H,15-16H2,1-2H3,(H,31,32)(H,33,34). The van der Waals surface area contributed by atoms with Gasteiger partial charge >= 0.3 is 11.9 Å². The quantitative estimate of drug-likeness (QED) is 0.166. The molecule has 2 N–H and O–H groups in total. The van der Waals surface area contributed by atoms with Gasteiger partial charge in [0.25, 0.3) is 0 Å². The van der Waals surface area contributed by atoms with Crippen molar-refractivity contribution in [3.63, 3.8) is 0 Å². The molecule has 3 heterocycles. The molecule has 2 unspecified atom stereocenters. The molecule has 0 saturated heterocycles. The Bertz CT molecular complexity index is 1660. The van der Waals surface area contributed by atoms with E-state index in [0.717, 1.165) is 51.5 Å². The molecule has 2 aromatic carbocycles. The second-order valence-electron chi connectivity index (χ2n) is 9.19. The molecule has 210 valence electrons. The summed E-state index contributed by atoms with van der Waals surface area (Å²) in [6, 6.07) is 22.6. The van der Waals surface area contributed by atoms with Crippen molar-refractivity contribution in [2.45, 2.75) is 22.6 Å². The van der Waals surface area contributed by atoms with Crippen LogP contribution in [0, 0.1) is 0 Å². The molecule has 5 aromatic rings. The van der Waals surface area contributed by atoms with Crippen LogP contribution in [0.15, 0.2) is 82.6 Å². The molecule has 11 heteroatoms. The van der Waals surface area contributed by atoms with Crippen LogP contribution < -0.4 is 0 Å². The van der Waals surface area contributed by atoms with Crippen LogP contribution in [0.3, 0.4) is 0 Å². The van der Waals surface area contributed by atoms with Crippen molar-refractivity contribution in [3.8, 4) is 40.4 Å². The van der Waals surface area contributed by atoms with E-state index in [0.29, 0.717) is 9.79 Å². The minimum Gasteiger partial charge on any atom is -0.481 e. The van der Waals surface area contributed by atoms with E-state index in [-0.39, 0.29) is 12.8 Å². The molecule has 2 atom stereocenters. The number of thiophene rings is 3. The Labute approximate surface area is 253 Å². The second kappa shape index (κ2) is 12.3. The number of carboxylic acids is 2. The molecule has 3 aromatic heterocycles. The van der Waals surface area contributed by atoms with Crippen LogP contribution in [0.2, 0.25) is 0 Å². The Hall–Kier alpha value is -3.22. The van der Waals surface area contributed by atoms with Crippen LogP contribution in [-0.2, 0) is 44.0 Å². The van der Waals surface area contributed by atoms with Crippen LogP contribution in [0.4, 0.5) is 0 Å². The summed E-state index contributed by atoms with van der Waals surface area (Å²) < 4.78 is 23.6. The molecule has 0 aliphatic carbocycles. The van der Waals surface area contributed by atoms with E-state index < -0.39 is 33.5 Å². The van der Waals surface area contributed by atoms with E-state index >= 15 is 0 Å². The van der Waals surface area contributed by atoms with Gasteiger partial charge in [0, 0.05) is 73.2 Å². The molecule has 0 saturated carbocycles. The Kier molecular flexibility index (Phi) is 8.81. The molecule has 41 heavy (non-hydrogen) atoms. The number of rotatable bonds is 10. The predicted octanol–water partition coefficient (Wildman–Crippen LogP) is 7.27. The summed E-state index contributed by atoms with van der Waals surface area (Å²) in [5.41, 5.74) is 3.19. The molecular formula is C30H24O6S5. The van der Waals surface area contributed by atoms with Crippen LogP contribution in [-0.4, -0.2) is 43.1 Å². The van der Waals surface area contributed by atoms with Gasteiger partial charge in [-0.05, 0) is 70.8 Å². The van der Waals surface area contributed by atoms with Gasteiger partial charge in [0.05, 0.1) is 12.8 Å². The zero-order valence-electron chi connectivity index (χ0n) is 21.9. The molecule has 6 nitrogen and oxygen atoms in total. The highest BCUT2D eigenvalue weighted by molar-refractivity contribution is 7.84. The minimum absolute atomic E-state index is 0.108. The van der Waals surface area contributed by atoms with E-state index in [9.17, 15) is 28.2 Å². The summed E-state index contributed by atoms with van der Waals surface area (Å²) >= 11 is 4.61. The maximum Gasteiger partial charge on any atom is 0.307 e. The summed E-state index contributed by atoms with van der Waals surface area (Å²) in [4.78, 5) is 30.3. The number of aliphatic carboxylic acids is 2. The molecular weight excluding hydrogens is 617 g/mol. The highest BCUT2D eigenvalue weighted by Crippen LogP contribution is 2.46. The lowest BCUT2D eigenvalue weighted by atomic mass is 10.1. The van der Waals surface area contributed by atoms with Gasteiger partial charge in [-0.3, -0.25) is 18.0 Å². The lowest BCUT2D eigenvalue weighted by Crippen LogP contribution is -1.99. The van der Waals surface area contributed by atoms with Crippen molar-refractivity contribution >= 4 is 67.5 Å². The number of carbonyl (C=O) groups is 2. The Morgan fingerprint density at radius 3 is 1.27 bits per heavy atom. The van der Waals surface area contributed by atoms with E-state index in [1.807, 2.05) is 48.5 Å². The topological polar surface area (TPSA) is 109 Å². The van der Waals surface area contributed by atoms with Gasteiger partial charge < -0.3 is 10.2 Å². The van der Waals surface area contributed by atoms with Crippen molar-refractivity contribution in [2.24, 2.45) is 0 Å². The van der Waals surface area contributed by atoms with E-state index in [2.05, 4.69) is 0 Å². The fraction of sp³-hybridized carbons (Fsp3) is 0.133. The SMILES string of the molecule is CS(=O)c1ccc(-c2sc(-c3ccc(-c4cc(CC(=O)O)c(-c5ccc(S(C)=O)cc5)s4)s3)cc2CC(=O)O)cc1. The lowest BCUT2D eigenvalue weighted by molar-refractivity contribution is -0.137. The Morgan fingerprint density at radius 2 is 0.951 bits per heavy atom. The van der Waals surface area contributed by atoms with Crippen molar-refractivity contribution in [3.05, 3.63) is 83.9 Å². The molecule has 0 spiro atoms. The maximum absolute atomic E-state index is 11.8. The van der Waals surface area contributed by atoms with Crippen molar-refractivity contribution in [1.29, 1.82) is 0 Å². The first-order chi connectivity index (χ1) is 19.6. The summed E-state index contributed by atoms with van der Waals surface area (Å²) in [6.07, 6.45) is 3.02. The normalized spacial score (nSPS) is 12.7. The van der Waals surface area contributed by atoms with Crippen molar-refractivity contribution < 1.29 is 28.2 Å². The number of benzene rings is 2. The van der Waals surface area contributed by atoms with Crippen LogP contribution in [0.5, 0.6) is 0 Å². The summed E-state index contributed by atoms with van der Waals surface area (Å²) in [6.45, 7) is 0. The Morgan fingerprint density at radius 1 is 0.585 bits per heavy atom. The first-order valence-corrected chi connectivity index (χ1v) is 17.8. The molecule has 0 amide bonds. The molecule has 0 aliphatic heterocycles. The van der Waals surface area contributed by atoms with E-state index in [4.69, 9.17) is 0 Å². The second-order valence-corrected chi connectivity index (χ2v) is 15.1. The van der Waals surface area contributed by atoms with Gasteiger partial charge in [0.1, 0.15) is 0 Å². The average Bonchev–Trinajstić information content (AvgIpc) is 3.67. The van der Waals surface area contributed by atoms with Gasteiger partial charge in [-0.2, -0.15) is 0 Å². The van der Waals surface area contributed by atoms with Gasteiger partial charge in [0.2, 0.25) is 0 Å².